The van der Waals surface area contributed by atoms with E-state index in [-0.39, 0.29) is 0 Å². The smallest absolute Gasteiger partial charge is 0.251 e. The minimum atomic E-state index is -0.439. The molecule has 2 aromatic heterocycles. The highest BCUT2D eigenvalue weighted by Gasteiger charge is 2.25. The van der Waals surface area contributed by atoms with Gasteiger partial charge in [-0.25, -0.2) is 4.98 Å². The molecule has 4 aromatic rings. The molecule has 2 heterocycles. The number of carbonyl (C=O) groups excluding carboxylic acids is 1. The molecular weight excluding hydrogens is 374 g/mol. The summed E-state index contributed by atoms with van der Waals surface area (Å²) in [6, 6.07) is 19.9. The molecule has 1 amide bonds. The zero-order valence-electron chi connectivity index (χ0n) is 17.5. The number of hydrogen-bond donors (Lipinski definition) is 1. The molecular formula is C25H25N3O2. The van der Waals surface area contributed by atoms with Crippen LogP contribution in [0.2, 0.25) is 0 Å². The SMILES string of the molecule is CCc1c(-c2ccc3ccccc3n2)c(C(N)=O)c(C)n1Cc1ccccc1OC. The molecule has 0 fully saturated rings. The van der Waals surface area contributed by atoms with Crippen molar-refractivity contribution in [2.24, 2.45) is 5.73 Å². The summed E-state index contributed by atoms with van der Waals surface area (Å²) in [7, 11) is 1.67. The molecule has 0 aliphatic rings. The lowest BCUT2D eigenvalue weighted by Crippen LogP contribution is -2.14. The van der Waals surface area contributed by atoms with Gasteiger partial charge in [-0.2, -0.15) is 0 Å². The number of benzene rings is 2. The first-order valence-electron chi connectivity index (χ1n) is 10.0. The van der Waals surface area contributed by atoms with Crippen LogP contribution in [0.5, 0.6) is 5.75 Å². The summed E-state index contributed by atoms with van der Waals surface area (Å²) in [6.45, 7) is 4.62. The highest BCUT2D eigenvalue weighted by Crippen LogP contribution is 2.34. The van der Waals surface area contributed by atoms with Gasteiger partial charge in [0, 0.05) is 27.9 Å². The second-order valence-electron chi connectivity index (χ2n) is 7.29. The van der Waals surface area contributed by atoms with Crippen LogP contribution in [0, 0.1) is 6.92 Å². The topological polar surface area (TPSA) is 70.1 Å². The molecule has 0 aliphatic carbocycles. The normalized spacial score (nSPS) is 11.0. The number of fused-ring (bicyclic) bond motifs is 1. The van der Waals surface area contributed by atoms with E-state index in [1.54, 1.807) is 7.11 Å². The maximum absolute atomic E-state index is 12.5. The van der Waals surface area contributed by atoms with Crippen molar-refractivity contribution >= 4 is 16.8 Å². The Hall–Kier alpha value is -3.60. The molecule has 152 valence electrons. The first-order valence-corrected chi connectivity index (χ1v) is 10.0. The Labute approximate surface area is 176 Å². The number of amides is 1. The van der Waals surface area contributed by atoms with Crippen molar-refractivity contribution in [3.8, 4) is 17.0 Å². The lowest BCUT2D eigenvalue weighted by molar-refractivity contribution is 0.1000. The van der Waals surface area contributed by atoms with Crippen LogP contribution < -0.4 is 10.5 Å². The van der Waals surface area contributed by atoms with Crippen LogP contribution in [0.1, 0.15) is 34.2 Å². The van der Waals surface area contributed by atoms with E-state index in [1.165, 1.54) is 0 Å². The molecule has 0 bridgehead atoms. The Morgan fingerprint density at radius 1 is 1.07 bits per heavy atom. The second kappa shape index (κ2) is 8.03. The molecule has 0 radical (unpaired) electrons. The van der Waals surface area contributed by atoms with Gasteiger partial charge >= 0.3 is 0 Å². The van der Waals surface area contributed by atoms with Crippen LogP contribution in [-0.2, 0) is 13.0 Å². The maximum Gasteiger partial charge on any atom is 0.251 e. The summed E-state index contributed by atoms with van der Waals surface area (Å²) in [5, 5.41) is 1.06. The lowest BCUT2D eigenvalue weighted by atomic mass is 10.0. The molecule has 0 saturated heterocycles. The number of aromatic nitrogens is 2. The van der Waals surface area contributed by atoms with Crippen LogP contribution in [0.3, 0.4) is 0 Å². The van der Waals surface area contributed by atoms with E-state index in [9.17, 15) is 4.79 Å². The van der Waals surface area contributed by atoms with Crippen molar-refractivity contribution in [1.82, 2.24) is 9.55 Å². The number of para-hydroxylation sites is 2. The van der Waals surface area contributed by atoms with E-state index >= 15 is 0 Å². The Morgan fingerprint density at radius 3 is 2.53 bits per heavy atom. The van der Waals surface area contributed by atoms with E-state index in [0.717, 1.165) is 51.3 Å². The number of primary amides is 1. The van der Waals surface area contributed by atoms with Crippen molar-refractivity contribution in [3.63, 3.8) is 0 Å². The zero-order valence-corrected chi connectivity index (χ0v) is 17.5. The first kappa shape index (κ1) is 19.7. The summed E-state index contributed by atoms with van der Waals surface area (Å²) in [6.07, 6.45) is 0.743. The predicted molar refractivity (Wildman–Crippen MR) is 120 cm³/mol. The molecule has 2 N–H and O–H groups in total. The average molecular weight is 399 g/mol. The van der Waals surface area contributed by atoms with E-state index in [1.807, 2.05) is 67.6 Å². The van der Waals surface area contributed by atoms with Gasteiger partial charge in [-0.15, -0.1) is 0 Å². The summed E-state index contributed by atoms with van der Waals surface area (Å²) in [5.74, 6) is 0.379. The molecule has 0 aliphatic heterocycles. The van der Waals surface area contributed by atoms with Crippen molar-refractivity contribution in [3.05, 3.63) is 83.2 Å². The zero-order chi connectivity index (χ0) is 21.3. The van der Waals surface area contributed by atoms with Crippen LogP contribution in [-0.4, -0.2) is 22.6 Å². The van der Waals surface area contributed by atoms with Crippen LogP contribution in [0.15, 0.2) is 60.7 Å². The monoisotopic (exact) mass is 399 g/mol. The van der Waals surface area contributed by atoms with Crippen LogP contribution in [0.25, 0.3) is 22.2 Å². The quantitative estimate of drug-likeness (QED) is 0.509. The van der Waals surface area contributed by atoms with Gasteiger partial charge in [0.2, 0.25) is 0 Å². The first-order chi connectivity index (χ1) is 14.5. The number of ether oxygens (including phenoxy) is 1. The standard InChI is InChI=1S/C25H25N3O2/c1-4-21-24(20-14-13-17-9-5-7-11-19(17)27-20)23(25(26)29)16(2)28(21)15-18-10-6-8-12-22(18)30-3/h5-14H,4,15H2,1-3H3,(H2,26,29). The third kappa shape index (κ3) is 3.32. The fourth-order valence-corrected chi connectivity index (χ4v) is 4.17. The second-order valence-corrected chi connectivity index (χ2v) is 7.29. The molecule has 0 spiro atoms. The minimum absolute atomic E-state index is 0.439. The molecule has 4 rings (SSSR count). The molecule has 0 unspecified atom stereocenters. The van der Waals surface area contributed by atoms with Gasteiger partial charge in [0.15, 0.2) is 0 Å². The molecule has 5 nitrogen and oxygen atoms in total. The van der Waals surface area contributed by atoms with Gasteiger partial charge in [0.05, 0.1) is 30.4 Å². The van der Waals surface area contributed by atoms with Crippen molar-refractivity contribution in [1.29, 1.82) is 0 Å². The van der Waals surface area contributed by atoms with E-state index < -0.39 is 5.91 Å². The largest absolute Gasteiger partial charge is 0.496 e. The summed E-state index contributed by atoms with van der Waals surface area (Å²) < 4.78 is 7.69. The van der Waals surface area contributed by atoms with Gasteiger partial charge in [-0.3, -0.25) is 4.79 Å². The molecule has 0 atom stereocenters. The van der Waals surface area contributed by atoms with Crippen molar-refractivity contribution < 1.29 is 9.53 Å². The third-order valence-electron chi connectivity index (χ3n) is 5.59. The van der Waals surface area contributed by atoms with Gasteiger partial charge in [0.1, 0.15) is 5.75 Å². The van der Waals surface area contributed by atoms with Crippen molar-refractivity contribution in [2.75, 3.05) is 7.11 Å². The summed E-state index contributed by atoms with van der Waals surface area (Å²) in [4.78, 5) is 17.3. The van der Waals surface area contributed by atoms with E-state index in [2.05, 4.69) is 11.5 Å². The number of nitrogens with two attached hydrogens (primary N) is 1. The number of hydrogen-bond acceptors (Lipinski definition) is 3. The minimum Gasteiger partial charge on any atom is -0.496 e. The van der Waals surface area contributed by atoms with Gasteiger partial charge in [0.25, 0.3) is 5.91 Å². The average Bonchev–Trinajstić information content (AvgIpc) is 3.05. The molecule has 0 saturated carbocycles. The Bertz CT molecular complexity index is 1240. The van der Waals surface area contributed by atoms with E-state index in [4.69, 9.17) is 15.5 Å². The highest BCUT2D eigenvalue weighted by molar-refractivity contribution is 6.02. The van der Waals surface area contributed by atoms with Crippen LogP contribution >= 0.6 is 0 Å². The fraction of sp³-hybridized carbons (Fsp3) is 0.200. The van der Waals surface area contributed by atoms with Crippen LogP contribution in [0.4, 0.5) is 0 Å². The summed E-state index contributed by atoms with van der Waals surface area (Å²) >= 11 is 0. The number of methoxy groups -OCH3 is 1. The third-order valence-corrected chi connectivity index (χ3v) is 5.59. The molecule has 30 heavy (non-hydrogen) atoms. The van der Waals surface area contributed by atoms with Gasteiger partial charge in [-0.1, -0.05) is 49.4 Å². The van der Waals surface area contributed by atoms with Gasteiger partial charge < -0.3 is 15.0 Å². The summed E-state index contributed by atoms with van der Waals surface area (Å²) in [5.41, 5.74) is 11.8. The highest BCUT2D eigenvalue weighted by atomic mass is 16.5. The Kier molecular flexibility index (Phi) is 5.27. The molecule has 5 heteroatoms. The van der Waals surface area contributed by atoms with E-state index in [0.29, 0.717) is 12.1 Å². The van der Waals surface area contributed by atoms with Crippen molar-refractivity contribution in [2.45, 2.75) is 26.8 Å². The fourth-order valence-electron chi connectivity index (χ4n) is 4.17. The maximum atomic E-state index is 12.5. The Balaban J connectivity index is 1.94. The number of rotatable bonds is 6. The molecule has 2 aromatic carbocycles. The Morgan fingerprint density at radius 2 is 1.80 bits per heavy atom. The van der Waals surface area contributed by atoms with Gasteiger partial charge in [-0.05, 0) is 31.5 Å². The number of carbonyl (C=O) groups is 1. The lowest BCUT2D eigenvalue weighted by Gasteiger charge is -2.14. The predicted octanol–water partition coefficient (Wildman–Crippen LogP) is 4.73. The number of pyridine rings is 1. The number of nitrogens with zero attached hydrogens (tertiary/aromatic N) is 2.